The molecule has 1 N–H and O–H groups in total. The van der Waals surface area contributed by atoms with Crippen LogP contribution in [0.5, 0.6) is 0 Å². The topological polar surface area (TPSA) is 77.6 Å². The van der Waals surface area contributed by atoms with Crippen molar-refractivity contribution >= 4 is 11.7 Å². The van der Waals surface area contributed by atoms with Gasteiger partial charge in [0.05, 0.1) is 17.6 Å². The van der Waals surface area contributed by atoms with Gasteiger partial charge in [-0.05, 0) is 25.5 Å². The van der Waals surface area contributed by atoms with Crippen molar-refractivity contribution in [3.8, 4) is 5.69 Å². The number of para-hydroxylation sites is 1. The Labute approximate surface area is 133 Å². The summed E-state index contributed by atoms with van der Waals surface area (Å²) >= 11 is 0. The van der Waals surface area contributed by atoms with Crippen LogP contribution in [0.2, 0.25) is 0 Å². The number of hydrogen-bond donors (Lipinski definition) is 1. The average molecular weight is 310 g/mol. The molecule has 0 saturated carbocycles. The van der Waals surface area contributed by atoms with Gasteiger partial charge in [0.1, 0.15) is 5.82 Å². The molecule has 1 amide bonds. The number of benzene rings is 1. The van der Waals surface area contributed by atoms with Crippen molar-refractivity contribution < 1.29 is 4.79 Å². The third-order valence-electron chi connectivity index (χ3n) is 3.68. The van der Waals surface area contributed by atoms with E-state index < -0.39 is 0 Å². The summed E-state index contributed by atoms with van der Waals surface area (Å²) in [6.07, 6.45) is 2.41. The van der Waals surface area contributed by atoms with Crippen LogP contribution >= 0.6 is 0 Å². The number of hydrogen-bond acceptors (Lipinski definition) is 4. The van der Waals surface area contributed by atoms with Gasteiger partial charge in [0.25, 0.3) is 5.91 Å². The Morgan fingerprint density at radius 3 is 2.70 bits per heavy atom. The van der Waals surface area contributed by atoms with Gasteiger partial charge < -0.3 is 5.32 Å². The average Bonchev–Trinajstić information content (AvgIpc) is 3.14. The molecule has 0 aliphatic heterocycles. The number of carbonyl (C=O) groups excluding carboxylic acids is 1. The Morgan fingerprint density at radius 1 is 1.26 bits per heavy atom. The molecule has 0 atom stereocenters. The van der Waals surface area contributed by atoms with Crippen LogP contribution in [0.25, 0.3) is 5.69 Å². The first-order chi connectivity index (χ1) is 11.1. The van der Waals surface area contributed by atoms with Crippen LogP contribution in [0.4, 0.5) is 5.82 Å². The summed E-state index contributed by atoms with van der Waals surface area (Å²) in [5.41, 5.74) is 3.05. The molecule has 0 radical (unpaired) electrons. The molecule has 2 aromatic heterocycles. The zero-order valence-corrected chi connectivity index (χ0v) is 13.3. The van der Waals surface area contributed by atoms with Gasteiger partial charge in [-0.2, -0.15) is 5.10 Å². The number of carbonyl (C=O) groups is 1. The van der Waals surface area contributed by atoms with Crippen molar-refractivity contribution in [3.63, 3.8) is 0 Å². The molecule has 3 aromatic rings. The number of aromatic nitrogens is 5. The standard InChI is InChI=1S/C16H18N6O/c1-4-13-11(2)19-21(3)15(13)17-16(23)14-10-22(20-18-14)12-8-6-5-7-9-12/h5-10H,4H2,1-3H3,(H,17,23). The lowest BCUT2D eigenvalue weighted by Gasteiger charge is -2.05. The quantitative estimate of drug-likeness (QED) is 0.800. The molecule has 0 spiro atoms. The van der Waals surface area contributed by atoms with E-state index in [9.17, 15) is 4.79 Å². The third kappa shape index (κ3) is 2.85. The van der Waals surface area contributed by atoms with Crippen molar-refractivity contribution in [3.05, 3.63) is 53.5 Å². The highest BCUT2D eigenvalue weighted by Crippen LogP contribution is 2.19. The van der Waals surface area contributed by atoms with Gasteiger partial charge in [0.2, 0.25) is 0 Å². The van der Waals surface area contributed by atoms with Gasteiger partial charge in [0.15, 0.2) is 5.69 Å². The number of rotatable bonds is 4. The highest BCUT2D eigenvalue weighted by Gasteiger charge is 2.17. The SMILES string of the molecule is CCc1c(C)nn(C)c1NC(=O)c1cn(-c2ccccc2)nn1. The van der Waals surface area contributed by atoms with Gasteiger partial charge >= 0.3 is 0 Å². The monoisotopic (exact) mass is 310 g/mol. The Morgan fingerprint density at radius 2 is 2.00 bits per heavy atom. The molecular formula is C16H18N6O. The Balaban J connectivity index is 1.84. The summed E-state index contributed by atoms with van der Waals surface area (Å²) in [4.78, 5) is 12.4. The van der Waals surface area contributed by atoms with Gasteiger partial charge in [0, 0.05) is 12.6 Å². The molecule has 0 saturated heterocycles. The molecule has 3 rings (SSSR count). The van der Waals surface area contributed by atoms with Crippen molar-refractivity contribution in [2.75, 3.05) is 5.32 Å². The molecule has 1 aromatic carbocycles. The van der Waals surface area contributed by atoms with E-state index in [2.05, 4.69) is 20.7 Å². The highest BCUT2D eigenvalue weighted by molar-refractivity contribution is 6.02. The number of aryl methyl sites for hydroxylation is 2. The fourth-order valence-corrected chi connectivity index (χ4v) is 2.53. The van der Waals surface area contributed by atoms with Gasteiger partial charge in [-0.25, -0.2) is 4.68 Å². The van der Waals surface area contributed by atoms with E-state index in [4.69, 9.17) is 0 Å². The van der Waals surface area contributed by atoms with E-state index in [-0.39, 0.29) is 11.6 Å². The smallest absolute Gasteiger partial charge is 0.279 e. The molecule has 0 aliphatic rings. The maximum atomic E-state index is 12.4. The number of amides is 1. The van der Waals surface area contributed by atoms with E-state index in [1.807, 2.05) is 51.2 Å². The van der Waals surface area contributed by atoms with Gasteiger partial charge in [-0.15, -0.1) is 5.10 Å². The summed E-state index contributed by atoms with van der Waals surface area (Å²) in [5, 5.41) is 15.2. The zero-order chi connectivity index (χ0) is 16.4. The first-order valence-corrected chi connectivity index (χ1v) is 7.41. The maximum Gasteiger partial charge on any atom is 0.279 e. The molecule has 0 bridgehead atoms. The fourth-order valence-electron chi connectivity index (χ4n) is 2.53. The minimum absolute atomic E-state index is 0.259. The first-order valence-electron chi connectivity index (χ1n) is 7.41. The Hall–Kier alpha value is -2.96. The van der Waals surface area contributed by atoms with Crippen molar-refractivity contribution in [1.82, 2.24) is 24.8 Å². The Kier molecular flexibility index (Phi) is 3.92. The van der Waals surface area contributed by atoms with E-state index in [0.717, 1.165) is 23.4 Å². The van der Waals surface area contributed by atoms with E-state index in [1.165, 1.54) is 0 Å². The van der Waals surface area contributed by atoms with Crippen molar-refractivity contribution in [2.24, 2.45) is 7.05 Å². The minimum Gasteiger partial charge on any atom is -0.305 e. The maximum absolute atomic E-state index is 12.4. The molecule has 7 heteroatoms. The number of nitrogens with one attached hydrogen (secondary N) is 1. The molecule has 23 heavy (non-hydrogen) atoms. The zero-order valence-electron chi connectivity index (χ0n) is 13.3. The summed E-state index contributed by atoms with van der Waals surface area (Å²) in [5.74, 6) is 0.397. The first kappa shape index (κ1) is 15.0. The predicted octanol–water partition coefficient (Wildman–Crippen LogP) is 2.12. The van der Waals surface area contributed by atoms with Crippen LogP contribution in [0.3, 0.4) is 0 Å². The van der Waals surface area contributed by atoms with Crippen LogP contribution < -0.4 is 5.32 Å². The largest absolute Gasteiger partial charge is 0.305 e. The van der Waals surface area contributed by atoms with Crippen molar-refractivity contribution in [2.45, 2.75) is 20.3 Å². The lowest BCUT2D eigenvalue weighted by atomic mass is 10.2. The van der Waals surface area contributed by atoms with E-state index in [1.54, 1.807) is 15.6 Å². The summed E-state index contributed by atoms with van der Waals surface area (Å²) in [6, 6.07) is 9.53. The van der Waals surface area contributed by atoms with Crippen LogP contribution in [0, 0.1) is 6.92 Å². The molecule has 118 valence electrons. The predicted molar refractivity (Wildman–Crippen MR) is 86.6 cm³/mol. The minimum atomic E-state index is -0.301. The lowest BCUT2D eigenvalue weighted by Crippen LogP contribution is -2.16. The second kappa shape index (κ2) is 6.04. The Bertz CT molecular complexity index is 834. The van der Waals surface area contributed by atoms with E-state index >= 15 is 0 Å². The molecule has 7 nitrogen and oxygen atoms in total. The number of nitrogens with zero attached hydrogens (tertiary/aromatic N) is 5. The summed E-state index contributed by atoms with van der Waals surface area (Å²) in [6.45, 7) is 3.96. The molecule has 2 heterocycles. The molecule has 0 fully saturated rings. The normalized spacial score (nSPS) is 10.7. The lowest BCUT2D eigenvalue weighted by molar-refractivity contribution is 0.102. The van der Waals surface area contributed by atoms with Gasteiger partial charge in [-0.3, -0.25) is 9.48 Å². The highest BCUT2D eigenvalue weighted by atomic mass is 16.2. The summed E-state index contributed by atoms with van der Waals surface area (Å²) < 4.78 is 3.25. The second-order valence-electron chi connectivity index (χ2n) is 5.23. The van der Waals surface area contributed by atoms with Crippen LogP contribution in [0.1, 0.15) is 28.7 Å². The molecule has 0 aliphatic carbocycles. The van der Waals surface area contributed by atoms with Crippen LogP contribution in [-0.2, 0) is 13.5 Å². The molecular weight excluding hydrogens is 292 g/mol. The fraction of sp³-hybridized carbons (Fsp3) is 0.250. The summed E-state index contributed by atoms with van der Waals surface area (Å²) in [7, 11) is 1.81. The van der Waals surface area contributed by atoms with E-state index in [0.29, 0.717) is 5.82 Å². The third-order valence-corrected chi connectivity index (χ3v) is 3.68. The number of anilines is 1. The molecule has 0 unspecified atom stereocenters. The van der Waals surface area contributed by atoms with Crippen LogP contribution in [0.15, 0.2) is 36.5 Å². The van der Waals surface area contributed by atoms with Crippen molar-refractivity contribution in [1.29, 1.82) is 0 Å². The second-order valence-corrected chi connectivity index (χ2v) is 5.23. The van der Waals surface area contributed by atoms with Gasteiger partial charge in [-0.1, -0.05) is 30.3 Å². The van der Waals surface area contributed by atoms with Crippen LogP contribution in [-0.4, -0.2) is 30.7 Å².